The number of aromatic nitrogens is 4. The highest BCUT2D eigenvalue weighted by Gasteiger charge is 2.18. The van der Waals surface area contributed by atoms with Crippen LogP contribution >= 0.6 is 11.6 Å². The van der Waals surface area contributed by atoms with E-state index in [9.17, 15) is 4.79 Å². The van der Waals surface area contributed by atoms with Gasteiger partial charge in [-0.05, 0) is 43.7 Å². The molecule has 1 amide bonds. The van der Waals surface area contributed by atoms with Gasteiger partial charge < -0.3 is 15.2 Å². The number of carbonyl (C=O) groups excluding carboxylic acids is 1. The van der Waals surface area contributed by atoms with Gasteiger partial charge in [0, 0.05) is 30.8 Å². The number of carbonyl (C=O) groups is 1. The molecular formula is C18H19ClN6O. The Hall–Kier alpha value is -2.64. The monoisotopic (exact) mass is 370 g/mol. The first-order chi connectivity index (χ1) is 12.7. The van der Waals surface area contributed by atoms with E-state index in [1.165, 1.54) is 0 Å². The zero-order valence-corrected chi connectivity index (χ0v) is 14.9. The van der Waals surface area contributed by atoms with Crippen molar-refractivity contribution in [1.82, 2.24) is 24.6 Å². The smallest absolute Gasteiger partial charge is 0.276 e. The van der Waals surface area contributed by atoms with E-state index in [1.54, 1.807) is 30.7 Å². The largest absolute Gasteiger partial charge is 0.321 e. The van der Waals surface area contributed by atoms with Gasteiger partial charge in [0.25, 0.3) is 5.91 Å². The van der Waals surface area contributed by atoms with Crippen molar-refractivity contribution < 1.29 is 4.79 Å². The summed E-state index contributed by atoms with van der Waals surface area (Å²) in [5.41, 5.74) is 1.82. The lowest BCUT2D eigenvalue weighted by atomic mass is 10.1. The topological polar surface area (TPSA) is 76.8 Å². The van der Waals surface area contributed by atoms with E-state index in [2.05, 4.69) is 20.7 Å². The minimum atomic E-state index is -0.251. The van der Waals surface area contributed by atoms with Crippen LogP contribution in [0.25, 0.3) is 5.69 Å². The number of halogens is 1. The second-order valence-corrected chi connectivity index (χ2v) is 6.68. The van der Waals surface area contributed by atoms with E-state index < -0.39 is 0 Å². The molecule has 0 bridgehead atoms. The molecule has 4 rings (SSSR count). The van der Waals surface area contributed by atoms with Gasteiger partial charge in [-0.2, -0.15) is 5.10 Å². The van der Waals surface area contributed by atoms with Gasteiger partial charge in [-0.1, -0.05) is 11.6 Å². The summed E-state index contributed by atoms with van der Waals surface area (Å²) in [6.07, 6.45) is 9.22. The number of anilines is 1. The van der Waals surface area contributed by atoms with Crippen molar-refractivity contribution in [1.29, 1.82) is 0 Å². The summed E-state index contributed by atoms with van der Waals surface area (Å²) in [7, 11) is 0. The van der Waals surface area contributed by atoms with Crippen molar-refractivity contribution >= 4 is 23.2 Å². The van der Waals surface area contributed by atoms with Gasteiger partial charge in [0.05, 0.1) is 23.1 Å². The number of hydrogen-bond donors (Lipinski definition) is 2. The molecule has 8 heteroatoms. The van der Waals surface area contributed by atoms with Crippen molar-refractivity contribution in [3.8, 4) is 5.69 Å². The van der Waals surface area contributed by atoms with Crippen LogP contribution in [0.3, 0.4) is 0 Å². The number of piperidine rings is 1. The van der Waals surface area contributed by atoms with Crippen LogP contribution in [0.15, 0.2) is 49.2 Å². The third-order valence-electron chi connectivity index (χ3n) is 4.47. The summed E-state index contributed by atoms with van der Waals surface area (Å²) >= 11 is 6.33. The average Bonchev–Trinajstić information content (AvgIpc) is 3.35. The van der Waals surface area contributed by atoms with Crippen molar-refractivity contribution in [2.45, 2.75) is 18.9 Å². The molecule has 1 saturated heterocycles. The minimum absolute atomic E-state index is 0.251. The van der Waals surface area contributed by atoms with E-state index in [4.69, 9.17) is 11.6 Å². The molecule has 1 unspecified atom stereocenters. The number of rotatable bonds is 4. The molecule has 1 atom stereocenters. The predicted molar refractivity (Wildman–Crippen MR) is 99.9 cm³/mol. The molecular weight excluding hydrogens is 352 g/mol. The number of nitrogens with zero attached hydrogens (tertiary/aromatic N) is 4. The zero-order chi connectivity index (χ0) is 17.9. The van der Waals surface area contributed by atoms with Crippen molar-refractivity contribution in [3.05, 3.63) is 59.9 Å². The Balaban J connectivity index is 1.46. The van der Waals surface area contributed by atoms with Gasteiger partial charge >= 0.3 is 0 Å². The van der Waals surface area contributed by atoms with E-state index in [1.807, 2.05) is 27.7 Å². The zero-order valence-electron chi connectivity index (χ0n) is 14.1. The maximum absolute atomic E-state index is 12.5. The predicted octanol–water partition coefficient (Wildman–Crippen LogP) is 2.90. The second kappa shape index (κ2) is 7.31. The van der Waals surface area contributed by atoms with Crippen LogP contribution in [-0.2, 0) is 0 Å². The molecule has 2 aromatic heterocycles. The molecule has 1 aromatic carbocycles. The highest BCUT2D eigenvalue weighted by Crippen LogP contribution is 2.24. The Kier molecular flexibility index (Phi) is 4.73. The summed E-state index contributed by atoms with van der Waals surface area (Å²) in [6.45, 7) is 1.93. The first kappa shape index (κ1) is 16.8. The lowest BCUT2D eigenvalue weighted by Crippen LogP contribution is -2.32. The highest BCUT2D eigenvalue weighted by molar-refractivity contribution is 6.32. The molecule has 2 N–H and O–H groups in total. The van der Waals surface area contributed by atoms with Gasteiger partial charge in [-0.3, -0.25) is 9.48 Å². The maximum Gasteiger partial charge on any atom is 0.276 e. The number of imidazole rings is 1. The quantitative estimate of drug-likeness (QED) is 0.740. The number of benzene rings is 1. The average molecular weight is 371 g/mol. The van der Waals surface area contributed by atoms with E-state index in [0.717, 1.165) is 31.6 Å². The van der Waals surface area contributed by atoms with Crippen molar-refractivity contribution in [2.24, 2.45) is 0 Å². The molecule has 1 aliphatic rings. The molecule has 3 heterocycles. The lowest BCUT2D eigenvalue weighted by Gasteiger charge is -2.22. The number of nitrogens with one attached hydrogen (secondary N) is 2. The summed E-state index contributed by atoms with van der Waals surface area (Å²) < 4.78 is 3.68. The second-order valence-electron chi connectivity index (χ2n) is 6.27. The van der Waals surface area contributed by atoms with Crippen LogP contribution in [0, 0.1) is 0 Å². The number of amides is 1. The van der Waals surface area contributed by atoms with Crippen LogP contribution in [0.1, 0.15) is 29.4 Å². The molecule has 7 nitrogen and oxygen atoms in total. The fourth-order valence-electron chi connectivity index (χ4n) is 3.11. The van der Waals surface area contributed by atoms with Crippen LogP contribution in [0.2, 0.25) is 5.02 Å². The molecule has 0 saturated carbocycles. The molecule has 0 radical (unpaired) electrons. The maximum atomic E-state index is 12.5. The van der Waals surface area contributed by atoms with Crippen LogP contribution in [0.5, 0.6) is 0 Å². The van der Waals surface area contributed by atoms with Crippen molar-refractivity contribution in [2.75, 3.05) is 18.4 Å². The molecule has 26 heavy (non-hydrogen) atoms. The fourth-order valence-corrected chi connectivity index (χ4v) is 3.39. The molecule has 3 aromatic rings. The van der Waals surface area contributed by atoms with Gasteiger partial charge in [0.15, 0.2) is 5.69 Å². The first-order valence-corrected chi connectivity index (χ1v) is 8.93. The molecule has 0 aliphatic carbocycles. The van der Waals surface area contributed by atoms with Crippen LogP contribution in [0.4, 0.5) is 5.69 Å². The van der Waals surface area contributed by atoms with Gasteiger partial charge in [0.2, 0.25) is 0 Å². The standard InChI is InChI=1S/C18H19ClN6O/c19-15-10-13(3-4-17(15)24-9-7-21-12-24)22-18(26)16-5-8-25(23-16)14-2-1-6-20-11-14/h3-5,7-10,12,14,20H,1-2,6,11H2,(H,22,26). The summed E-state index contributed by atoms with van der Waals surface area (Å²) in [5.74, 6) is -0.251. The SMILES string of the molecule is O=C(Nc1ccc(-n2ccnc2)c(Cl)c1)c1ccn(C2CCCNC2)n1. The summed E-state index contributed by atoms with van der Waals surface area (Å²) in [5, 5.41) is 11.2. The van der Waals surface area contributed by atoms with Gasteiger partial charge in [-0.25, -0.2) is 4.98 Å². The van der Waals surface area contributed by atoms with Gasteiger partial charge in [-0.15, -0.1) is 0 Å². The third-order valence-corrected chi connectivity index (χ3v) is 4.78. The van der Waals surface area contributed by atoms with E-state index >= 15 is 0 Å². The van der Waals surface area contributed by atoms with Crippen LogP contribution in [-0.4, -0.2) is 38.3 Å². The Labute approximate surface area is 156 Å². The minimum Gasteiger partial charge on any atom is -0.321 e. The van der Waals surface area contributed by atoms with E-state index in [0.29, 0.717) is 22.4 Å². The Bertz CT molecular complexity index is 898. The Morgan fingerprint density at radius 1 is 1.31 bits per heavy atom. The lowest BCUT2D eigenvalue weighted by molar-refractivity contribution is 0.102. The number of hydrogen-bond acceptors (Lipinski definition) is 4. The van der Waals surface area contributed by atoms with Gasteiger partial charge in [0.1, 0.15) is 0 Å². The molecule has 1 aliphatic heterocycles. The Morgan fingerprint density at radius 2 is 2.23 bits per heavy atom. The van der Waals surface area contributed by atoms with E-state index in [-0.39, 0.29) is 5.91 Å². The summed E-state index contributed by atoms with van der Waals surface area (Å²) in [4.78, 5) is 16.5. The fraction of sp³-hybridized carbons (Fsp3) is 0.278. The molecule has 0 spiro atoms. The third kappa shape index (κ3) is 3.49. The molecule has 134 valence electrons. The first-order valence-electron chi connectivity index (χ1n) is 8.56. The van der Waals surface area contributed by atoms with Crippen LogP contribution < -0.4 is 10.6 Å². The van der Waals surface area contributed by atoms with Crippen molar-refractivity contribution in [3.63, 3.8) is 0 Å². The normalized spacial score (nSPS) is 17.2. The summed E-state index contributed by atoms with van der Waals surface area (Å²) in [6, 6.07) is 7.41. The molecule has 1 fully saturated rings. The Morgan fingerprint density at radius 3 is 2.96 bits per heavy atom. The highest BCUT2D eigenvalue weighted by atomic mass is 35.5.